The third-order valence-corrected chi connectivity index (χ3v) is 7.04. The first-order valence-electron chi connectivity index (χ1n) is 11.9. The zero-order valence-electron chi connectivity index (χ0n) is 19.7. The number of piperidine rings is 1. The fourth-order valence-corrected chi connectivity index (χ4v) is 5.06. The number of benzene rings is 2. The molecular weight excluding hydrogens is 456 g/mol. The first kappa shape index (κ1) is 23.1. The summed E-state index contributed by atoms with van der Waals surface area (Å²) in [6, 6.07) is 20.0. The maximum Gasteiger partial charge on any atom is 0.234 e. The highest BCUT2D eigenvalue weighted by molar-refractivity contribution is 7.99. The maximum absolute atomic E-state index is 12.8. The maximum atomic E-state index is 12.8. The first-order valence-corrected chi connectivity index (χ1v) is 12.9. The molecule has 0 saturated carbocycles. The molecule has 8 heteroatoms. The van der Waals surface area contributed by atoms with Crippen molar-refractivity contribution in [3.8, 4) is 17.1 Å². The van der Waals surface area contributed by atoms with Crippen molar-refractivity contribution >= 4 is 29.0 Å². The normalized spacial score (nSPS) is 13.6. The van der Waals surface area contributed by atoms with Crippen molar-refractivity contribution in [2.45, 2.75) is 31.3 Å². The summed E-state index contributed by atoms with van der Waals surface area (Å²) in [5.41, 5.74) is 4.96. The smallest absolute Gasteiger partial charge is 0.234 e. The predicted molar refractivity (Wildman–Crippen MR) is 141 cm³/mol. The Morgan fingerprint density at radius 2 is 1.77 bits per heavy atom. The molecule has 2 aromatic carbocycles. The molecule has 35 heavy (non-hydrogen) atoms. The standard InChI is InChI=1S/C27H28N6OS/c1-20-8-3-4-10-24(20)33-26(21-9-7-15-28-18-21)30-31-27(33)35-19-25(34)29-22-11-13-23(14-12-22)32-16-5-2-6-17-32/h3-4,7-15,18H,2,5-6,16-17,19H2,1H3,(H,29,34). The van der Waals surface area contributed by atoms with Gasteiger partial charge in [0, 0.05) is 42.4 Å². The lowest BCUT2D eigenvalue weighted by Crippen LogP contribution is -2.29. The van der Waals surface area contributed by atoms with E-state index < -0.39 is 0 Å². The summed E-state index contributed by atoms with van der Waals surface area (Å²) < 4.78 is 2.00. The van der Waals surface area contributed by atoms with E-state index in [1.165, 1.54) is 36.7 Å². The topological polar surface area (TPSA) is 75.9 Å². The first-order chi connectivity index (χ1) is 17.2. The van der Waals surface area contributed by atoms with Gasteiger partial charge in [0.1, 0.15) is 0 Å². The molecule has 178 valence electrons. The molecule has 0 unspecified atom stereocenters. The lowest BCUT2D eigenvalue weighted by atomic mass is 10.1. The SMILES string of the molecule is Cc1ccccc1-n1c(SCC(=O)Nc2ccc(N3CCCCC3)cc2)nnc1-c1cccnc1. The Morgan fingerprint density at radius 3 is 2.51 bits per heavy atom. The number of para-hydroxylation sites is 1. The lowest BCUT2D eigenvalue weighted by molar-refractivity contribution is -0.113. The highest BCUT2D eigenvalue weighted by atomic mass is 32.2. The third-order valence-electron chi connectivity index (χ3n) is 6.11. The summed E-state index contributed by atoms with van der Waals surface area (Å²) in [5, 5.41) is 12.5. The van der Waals surface area contributed by atoms with Crippen molar-refractivity contribution in [1.29, 1.82) is 0 Å². The lowest BCUT2D eigenvalue weighted by Gasteiger charge is -2.28. The minimum atomic E-state index is -0.0806. The van der Waals surface area contributed by atoms with E-state index in [1.54, 1.807) is 12.4 Å². The number of carbonyl (C=O) groups is 1. The van der Waals surface area contributed by atoms with Gasteiger partial charge >= 0.3 is 0 Å². The molecule has 0 aliphatic carbocycles. The van der Waals surface area contributed by atoms with Crippen LogP contribution in [0.1, 0.15) is 24.8 Å². The predicted octanol–water partition coefficient (Wildman–Crippen LogP) is 5.36. The number of aromatic nitrogens is 4. The minimum absolute atomic E-state index is 0.0806. The van der Waals surface area contributed by atoms with Gasteiger partial charge < -0.3 is 10.2 Å². The summed E-state index contributed by atoms with van der Waals surface area (Å²) in [7, 11) is 0. The Labute approximate surface area is 209 Å². The van der Waals surface area contributed by atoms with Gasteiger partial charge in [0.25, 0.3) is 0 Å². The number of hydrogen-bond acceptors (Lipinski definition) is 6. The molecule has 4 aromatic rings. The molecule has 3 heterocycles. The largest absolute Gasteiger partial charge is 0.372 e. The molecule has 0 atom stereocenters. The molecule has 0 radical (unpaired) electrons. The summed E-state index contributed by atoms with van der Waals surface area (Å²) in [5.74, 6) is 0.844. The number of rotatable bonds is 7. The Hall–Kier alpha value is -3.65. The van der Waals surface area contributed by atoms with Crippen molar-refractivity contribution in [2.75, 3.05) is 29.1 Å². The van der Waals surface area contributed by atoms with E-state index in [2.05, 4.69) is 50.5 Å². The number of nitrogens with zero attached hydrogens (tertiary/aromatic N) is 5. The number of anilines is 2. The van der Waals surface area contributed by atoms with Crippen LogP contribution >= 0.6 is 11.8 Å². The molecule has 5 rings (SSSR count). The second kappa shape index (κ2) is 10.7. The van der Waals surface area contributed by atoms with Crippen LogP contribution < -0.4 is 10.2 Å². The van der Waals surface area contributed by atoms with Crippen LogP contribution in [0, 0.1) is 6.92 Å². The molecule has 1 aliphatic heterocycles. The highest BCUT2D eigenvalue weighted by Crippen LogP contribution is 2.29. The molecule has 1 N–H and O–H groups in total. The van der Waals surface area contributed by atoms with E-state index in [4.69, 9.17) is 0 Å². The quantitative estimate of drug-likeness (QED) is 0.356. The zero-order chi connectivity index (χ0) is 24.0. The molecule has 1 amide bonds. The van der Waals surface area contributed by atoms with E-state index in [0.29, 0.717) is 11.0 Å². The van der Waals surface area contributed by atoms with E-state index in [1.807, 2.05) is 47.0 Å². The second-order valence-corrected chi connectivity index (χ2v) is 9.54. The van der Waals surface area contributed by atoms with Crippen molar-refractivity contribution in [3.63, 3.8) is 0 Å². The van der Waals surface area contributed by atoms with E-state index in [-0.39, 0.29) is 11.7 Å². The number of thioether (sulfide) groups is 1. The van der Waals surface area contributed by atoms with Crippen molar-refractivity contribution in [2.24, 2.45) is 0 Å². The molecule has 2 aromatic heterocycles. The molecular formula is C27H28N6OS. The van der Waals surface area contributed by atoms with Gasteiger partial charge in [-0.3, -0.25) is 14.3 Å². The van der Waals surface area contributed by atoms with Gasteiger partial charge in [0.05, 0.1) is 11.4 Å². The number of pyridine rings is 1. The van der Waals surface area contributed by atoms with Crippen LogP contribution in [0.4, 0.5) is 11.4 Å². The van der Waals surface area contributed by atoms with Gasteiger partial charge in [-0.25, -0.2) is 0 Å². The van der Waals surface area contributed by atoms with Crippen LogP contribution in [0.5, 0.6) is 0 Å². The monoisotopic (exact) mass is 484 g/mol. The Kier molecular flexibility index (Phi) is 7.09. The van der Waals surface area contributed by atoms with Crippen LogP contribution in [-0.2, 0) is 4.79 Å². The number of nitrogens with one attached hydrogen (secondary N) is 1. The van der Waals surface area contributed by atoms with Crippen molar-refractivity contribution in [1.82, 2.24) is 19.7 Å². The number of hydrogen-bond donors (Lipinski definition) is 1. The Balaban J connectivity index is 1.30. The van der Waals surface area contributed by atoms with Gasteiger partial charge in [0.15, 0.2) is 11.0 Å². The van der Waals surface area contributed by atoms with Gasteiger partial charge in [-0.2, -0.15) is 0 Å². The summed E-state index contributed by atoms with van der Waals surface area (Å²) >= 11 is 1.37. The Bertz CT molecular complexity index is 1280. The molecule has 0 spiro atoms. The number of amides is 1. The fourth-order valence-electron chi connectivity index (χ4n) is 4.31. The van der Waals surface area contributed by atoms with Crippen LogP contribution in [-0.4, -0.2) is 44.5 Å². The number of aryl methyl sites for hydroxylation is 1. The van der Waals surface area contributed by atoms with Gasteiger partial charge in [-0.15, -0.1) is 10.2 Å². The molecule has 1 fully saturated rings. The number of carbonyl (C=O) groups excluding carboxylic acids is 1. The van der Waals surface area contributed by atoms with E-state index in [0.717, 1.165) is 35.6 Å². The second-order valence-electron chi connectivity index (χ2n) is 8.60. The molecule has 1 saturated heterocycles. The van der Waals surface area contributed by atoms with Gasteiger partial charge in [0.2, 0.25) is 5.91 Å². The van der Waals surface area contributed by atoms with Crippen molar-refractivity contribution in [3.05, 3.63) is 78.6 Å². The van der Waals surface area contributed by atoms with Crippen molar-refractivity contribution < 1.29 is 4.79 Å². The fraction of sp³-hybridized carbons (Fsp3) is 0.259. The third kappa shape index (κ3) is 5.38. The highest BCUT2D eigenvalue weighted by Gasteiger charge is 2.19. The minimum Gasteiger partial charge on any atom is -0.372 e. The van der Waals surface area contributed by atoms with Gasteiger partial charge in [-0.1, -0.05) is 30.0 Å². The molecule has 1 aliphatic rings. The summed E-state index contributed by atoms with van der Waals surface area (Å²) in [6.45, 7) is 4.26. The summed E-state index contributed by atoms with van der Waals surface area (Å²) in [4.78, 5) is 19.4. The zero-order valence-corrected chi connectivity index (χ0v) is 20.5. The van der Waals surface area contributed by atoms with Crippen LogP contribution in [0.2, 0.25) is 0 Å². The average molecular weight is 485 g/mol. The van der Waals surface area contributed by atoms with E-state index >= 15 is 0 Å². The van der Waals surface area contributed by atoms with Gasteiger partial charge in [-0.05, 0) is 74.2 Å². The average Bonchev–Trinajstić information content (AvgIpc) is 3.33. The Morgan fingerprint density at radius 1 is 0.971 bits per heavy atom. The van der Waals surface area contributed by atoms with Crippen LogP contribution in [0.25, 0.3) is 17.1 Å². The van der Waals surface area contributed by atoms with Crippen LogP contribution in [0.3, 0.4) is 0 Å². The van der Waals surface area contributed by atoms with Crippen LogP contribution in [0.15, 0.2) is 78.2 Å². The summed E-state index contributed by atoms with van der Waals surface area (Å²) in [6.07, 6.45) is 7.30. The van der Waals surface area contributed by atoms with E-state index in [9.17, 15) is 4.79 Å². The molecule has 0 bridgehead atoms. The molecule has 7 nitrogen and oxygen atoms in total.